The van der Waals surface area contributed by atoms with Crippen LogP contribution in [-0.2, 0) is 22.5 Å². The van der Waals surface area contributed by atoms with E-state index in [2.05, 4.69) is 25.7 Å². The van der Waals surface area contributed by atoms with Gasteiger partial charge in [-0.3, -0.25) is 14.7 Å². The van der Waals surface area contributed by atoms with Crippen LogP contribution in [0.3, 0.4) is 0 Å². The Balaban J connectivity index is 1.69. The molecule has 1 saturated heterocycles. The van der Waals surface area contributed by atoms with E-state index in [1.54, 1.807) is 12.1 Å². The number of hydrogen-bond donors (Lipinski definition) is 0. The second kappa shape index (κ2) is 11.8. The Bertz CT molecular complexity index is 1450. The quantitative estimate of drug-likeness (QED) is 0.224. The molecule has 1 saturated carbocycles. The molecule has 3 heterocycles. The van der Waals surface area contributed by atoms with Crippen LogP contribution in [0.4, 0.5) is 18.9 Å². The van der Waals surface area contributed by atoms with E-state index in [9.17, 15) is 18.0 Å². The summed E-state index contributed by atoms with van der Waals surface area (Å²) in [5.74, 6) is -0.391. The molecule has 0 bridgehead atoms. The van der Waals surface area contributed by atoms with Gasteiger partial charge in [0.15, 0.2) is 0 Å². The summed E-state index contributed by atoms with van der Waals surface area (Å²) in [6, 6.07) is 8.19. The second-order valence-electron chi connectivity index (χ2n) is 12.8. The molecule has 0 unspecified atom stereocenters. The van der Waals surface area contributed by atoms with Crippen molar-refractivity contribution in [2.75, 3.05) is 37.7 Å². The molecule has 1 aliphatic carbocycles. The third-order valence-corrected chi connectivity index (χ3v) is 8.73. The van der Waals surface area contributed by atoms with E-state index in [1.807, 2.05) is 46.0 Å². The number of rotatable bonds is 9. The predicted molar refractivity (Wildman–Crippen MR) is 164 cm³/mol. The highest BCUT2D eigenvalue weighted by Gasteiger charge is 2.35. The van der Waals surface area contributed by atoms with Crippen molar-refractivity contribution in [3.63, 3.8) is 0 Å². The van der Waals surface area contributed by atoms with Gasteiger partial charge in [-0.2, -0.15) is 13.2 Å². The average molecular weight is 650 g/mol. The molecule has 0 spiro atoms. The van der Waals surface area contributed by atoms with Crippen molar-refractivity contribution in [1.82, 2.24) is 14.5 Å². The van der Waals surface area contributed by atoms with Crippen LogP contribution in [0, 0.1) is 5.41 Å². The van der Waals surface area contributed by atoms with E-state index in [1.165, 1.54) is 24.3 Å². The van der Waals surface area contributed by atoms with Crippen LogP contribution in [-0.4, -0.2) is 65.4 Å². The maximum Gasteiger partial charge on any atom is 0.406 e. The van der Waals surface area contributed by atoms with Crippen molar-refractivity contribution in [2.45, 2.75) is 78.6 Å². The highest BCUT2D eigenvalue weighted by Crippen LogP contribution is 2.43. The van der Waals surface area contributed by atoms with Gasteiger partial charge in [-0.25, -0.2) is 0 Å². The summed E-state index contributed by atoms with van der Waals surface area (Å²) in [7, 11) is 0. The number of benzene rings is 1. The van der Waals surface area contributed by atoms with Crippen LogP contribution in [0.15, 0.2) is 34.9 Å². The first-order valence-corrected chi connectivity index (χ1v) is 15.5. The van der Waals surface area contributed by atoms with Crippen molar-refractivity contribution < 1.29 is 22.7 Å². The van der Waals surface area contributed by atoms with E-state index >= 15 is 0 Å². The first-order valence-electron chi connectivity index (χ1n) is 14.7. The fourth-order valence-corrected chi connectivity index (χ4v) is 6.49. The summed E-state index contributed by atoms with van der Waals surface area (Å²) in [6.07, 6.45) is 0.398. The molecule has 1 aliphatic heterocycles. The summed E-state index contributed by atoms with van der Waals surface area (Å²) in [5.41, 5.74) is 3.74. The minimum atomic E-state index is -4.43. The Labute approximate surface area is 254 Å². The first-order chi connectivity index (χ1) is 19.7. The van der Waals surface area contributed by atoms with Crippen LogP contribution in [0.25, 0.3) is 22.2 Å². The lowest BCUT2D eigenvalue weighted by atomic mass is 9.84. The van der Waals surface area contributed by atoms with Gasteiger partial charge in [0.25, 0.3) is 0 Å². The molecular weight excluding hydrogens is 609 g/mol. The van der Waals surface area contributed by atoms with Crippen molar-refractivity contribution >= 4 is 38.5 Å². The minimum Gasteiger partial charge on any atom is -0.465 e. The Morgan fingerprint density at radius 3 is 2.40 bits per heavy atom. The molecule has 0 radical (unpaired) electrons. The number of aromatic nitrogens is 2. The van der Waals surface area contributed by atoms with E-state index in [0.29, 0.717) is 23.7 Å². The number of fused-ring (bicyclic) bond motifs is 1. The first kappa shape index (κ1) is 30.9. The lowest BCUT2D eigenvalue weighted by Crippen LogP contribution is -2.47. The predicted octanol–water partition coefficient (Wildman–Crippen LogP) is 7.57. The number of carbonyl (C=O) groups excluding carboxylic acids is 1. The number of hydrogen-bond acceptors (Lipinski definition) is 5. The third kappa shape index (κ3) is 6.96. The molecule has 10 heteroatoms. The second-order valence-corrected chi connectivity index (χ2v) is 13.8. The maximum atomic E-state index is 14.2. The summed E-state index contributed by atoms with van der Waals surface area (Å²) < 4.78 is 50.2. The van der Waals surface area contributed by atoms with Gasteiger partial charge in [-0.1, -0.05) is 43.6 Å². The van der Waals surface area contributed by atoms with E-state index in [0.717, 1.165) is 58.5 Å². The highest BCUT2D eigenvalue weighted by atomic mass is 79.9. The fourth-order valence-electron chi connectivity index (χ4n) is 6.13. The van der Waals surface area contributed by atoms with Crippen molar-refractivity contribution in [3.8, 4) is 11.3 Å². The molecule has 5 rings (SSSR count). The number of piperazine rings is 1. The topological polar surface area (TPSA) is 50.6 Å². The van der Waals surface area contributed by atoms with Gasteiger partial charge >= 0.3 is 12.1 Å². The molecule has 42 heavy (non-hydrogen) atoms. The largest absolute Gasteiger partial charge is 0.465 e. The summed E-state index contributed by atoms with van der Waals surface area (Å²) in [5, 5.41) is 0.748. The minimum absolute atomic E-state index is 0.00763. The summed E-state index contributed by atoms with van der Waals surface area (Å²) >= 11 is 3.54. The van der Waals surface area contributed by atoms with E-state index in [-0.39, 0.29) is 18.5 Å². The Kier molecular flexibility index (Phi) is 8.69. The smallest absolute Gasteiger partial charge is 0.406 e. The van der Waals surface area contributed by atoms with Crippen molar-refractivity contribution in [2.24, 2.45) is 5.41 Å². The van der Waals surface area contributed by atoms with Crippen molar-refractivity contribution in [1.29, 1.82) is 0 Å². The number of ether oxygens (including phenoxy) is 1. The highest BCUT2D eigenvalue weighted by molar-refractivity contribution is 9.10. The molecule has 0 N–H and O–H groups in total. The number of halogens is 4. The number of carbonyl (C=O) groups is 1. The molecule has 2 fully saturated rings. The van der Waals surface area contributed by atoms with Crippen LogP contribution < -0.4 is 4.90 Å². The maximum absolute atomic E-state index is 14.2. The van der Waals surface area contributed by atoms with Gasteiger partial charge in [-0.05, 0) is 55.0 Å². The third-order valence-electron chi connectivity index (χ3n) is 8.24. The summed E-state index contributed by atoms with van der Waals surface area (Å²) in [6.45, 7) is 12.1. The average Bonchev–Trinajstić information content (AvgIpc) is 3.72. The van der Waals surface area contributed by atoms with Gasteiger partial charge in [0.05, 0.1) is 29.9 Å². The number of esters is 1. The van der Waals surface area contributed by atoms with E-state index in [4.69, 9.17) is 9.72 Å². The monoisotopic (exact) mass is 648 g/mol. The van der Waals surface area contributed by atoms with Gasteiger partial charge in [0, 0.05) is 65.5 Å². The molecule has 0 amide bonds. The van der Waals surface area contributed by atoms with Crippen LogP contribution in [0.1, 0.15) is 64.6 Å². The lowest BCUT2D eigenvalue weighted by molar-refractivity contribution is -0.144. The zero-order valence-electron chi connectivity index (χ0n) is 25.0. The van der Waals surface area contributed by atoms with Crippen molar-refractivity contribution in [3.05, 3.63) is 46.2 Å². The van der Waals surface area contributed by atoms with Gasteiger partial charge in [0.1, 0.15) is 6.54 Å². The van der Waals surface area contributed by atoms with Crippen LogP contribution in [0.5, 0.6) is 0 Å². The van der Waals surface area contributed by atoms with Gasteiger partial charge < -0.3 is 14.2 Å². The number of nitrogens with zero attached hydrogens (tertiary/aromatic N) is 4. The zero-order chi connectivity index (χ0) is 30.4. The van der Waals surface area contributed by atoms with Gasteiger partial charge in [-0.15, -0.1) is 0 Å². The van der Waals surface area contributed by atoms with Gasteiger partial charge in [0.2, 0.25) is 0 Å². The molecule has 228 valence electrons. The zero-order valence-corrected chi connectivity index (χ0v) is 26.6. The molecule has 2 aliphatic rings. The number of anilines is 1. The number of pyridine rings is 1. The molecule has 0 atom stereocenters. The van der Waals surface area contributed by atoms with E-state index < -0.39 is 18.1 Å². The SMILES string of the molecule is CC(=O)OCC(C)(C)Cc1c(-c2cc(N3CCN(C4CC4)CC3)cnc2C(C)C)n(CC(F)(F)F)c2ccc(Br)cc12. The number of alkyl halides is 3. The molecule has 6 nitrogen and oxygen atoms in total. The van der Waals surface area contributed by atoms with Crippen LogP contribution in [0.2, 0.25) is 0 Å². The Morgan fingerprint density at radius 2 is 1.81 bits per heavy atom. The Hall–Kier alpha value is -2.59. The molecular formula is C32H40BrF3N4O2. The molecule has 1 aromatic carbocycles. The summed E-state index contributed by atoms with van der Waals surface area (Å²) in [4.78, 5) is 21.4. The molecule has 2 aromatic heterocycles. The van der Waals surface area contributed by atoms with Crippen LogP contribution >= 0.6 is 15.9 Å². The Morgan fingerprint density at radius 1 is 1.12 bits per heavy atom. The standard InChI is InChI=1S/C32H40BrF3N4O2/c1-20(2)29-26(15-24(17-37-29)39-12-10-38(11-13-39)23-7-8-23)30-27(16-31(4,5)19-42-21(3)41)25-14-22(33)6-9-28(25)40(30)18-32(34,35)36/h6,9,14-15,17,20,23H,7-8,10-13,16,18-19H2,1-5H3. The molecule has 3 aromatic rings. The fraction of sp³-hybridized carbons (Fsp3) is 0.562. The normalized spacial score (nSPS) is 17.0. The lowest BCUT2D eigenvalue weighted by Gasteiger charge is -2.36.